The molecule has 1 aromatic carbocycles. The molecule has 2 aromatic rings. The summed E-state index contributed by atoms with van der Waals surface area (Å²) in [5.74, 6) is 1.07. The zero-order valence-electron chi connectivity index (χ0n) is 9.13. The molecule has 0 spiro atoms. The van der Waals surface area contributed by atoms with E-state index in [1.54, 1.807) is 6.07 Å². The van der Waals surface area contributed by atoms with Gasteiger partial charge in [0, 0.05) is 5.92 Å². The number of hydrogen-bond donors (Lipinski definition) is 2. The summed E-state index contributed by atoms with van der Waals surface area (Å²) >= 11 is 0. The number of phenolic OH excluding ortho intramolecular Hbond substituents is 2. The predicted molar refractivity (Wildman–Crippen MR) is 59.7 cm³/mol. The molecule has 0 radical (unpaired) electrons. The molecule has 1 fully saturated rings. The molecule has 0 amide bonds. The van der Waals surface area contributed by atoms with E-state index in [0.717, 1.165) is 12.8 Å². The van der Waals surface area contributed by atoms with Crippen molar-refractivity contribution in [2.75, 3.05) is 0 Å². The fourth-order valence-corrected chi connectivity index (χ4v) is 1.92. The van der Waals surface area contributed by atoms with Gasteiger partial charge < -0.3 is 14.7 Å². The quantitative estimate of drug-likeness (QED) is 0.831. The average Bonchev–Trinajstić information content (AvgIpc) is 2.64. The van der Waals surface area contributed by atoms with Crippen molar-refractivity contribution in [2.24, 2.45) is 0 Å². The van der Waals surface area contributed by atoms with Gasteiger partial charge in [0.1, 0.15) is 17.1 Å². The molecule has 88 valence electrons. The number of aromatic hydroxyl groups is 2. The topological polar surface area (TPSA) is 79.4 Å². The number of phenols is 2. The zero-order valence-corrected chi connectivity index (χ0v) is 9.13. The maximum Gasteiger partial charge on any atom is 0.265 e. The predicted octanol–water partition coefficient (Wildman–Crippen LogP) is 2.42. The van der Waals surface area contributed by atoms with Crippen LogP contribution in [-0.4, -0.2) is 20.4 Å². The number of nitrogens with zero attached hydrogens (tertiary/aromatic N) is 2. The smallest absolute Gasteiger partial charge is 0.265 e. The summed E-state index contributed by atoms with van der Waals surface area (Å²) in [6, 6.07) is 4.50. The number of hydrogen-bond acceptors (Lipinski definition) is 5. The molecule has 0 atom stereocenters. The Labute approximate surface area is 97.7 Å². The molecule has 0 saturated heterocycles. The summed E-state index contributed by atoms with van der Waals surface area (Å²) in [5, 5.41) is 23.2. The minimum atomic E-state index is -0.0613. The average molecular weight is 232 g/mol. The van der Waals surface area contributed by atoms with Crippen LogP contribution in [0.4, 0.5) is 0 Å². The number of rotatable bonds is 2. The molecule has 1 heterocycles. The van der Waals surface area contributed by atoms with Crippen LogP contribution in [0, 0.1) is 0 Å². The molecule has 1 saturated carbocycles. The molecule has 5 nitrogen and oxygen atoms in total. The van der Waals surface area contributed by atoms with Crippen molar-refractivity contribution < 1.29 is 14.7 Å². The second-order valence-electron chi connectivity index (χ2n) is 4.26. The van der Waals surface area contributed by atoms with Gasteiger partial charge in [-0.3, -0.25) is 0 Å². The fourth-order valence-electron chi connectivity index (χ4n) is 1.92. The molecule has 0 aliphatic heterocycles. The molecule has 2 N–H and O–H groups in total. The van der Waals surface area contributed by atoms with Crippen LogP contribution in [0.1, 0.15) is 31.0 Å². The highest BCUT2D eigenvalue weighted by molar-refractivity contribution is 5.69. The molecule has 17 heavy (non-hydrogen) atoms. The zero-order chi connectivity index (χ0) is 11.8. The summed E-state index contributed by atoms with van der Waals surface area (Å²) < 4.78 is 5.09. The van der Waals surface area contributed by atoms with E-state index < -0.39 is 0 Å². The van der Waals surface area contributed by atoms with Gasteiger partial charge in [0.15, 0.2) is 5.82 Å². The summed E-state index contributed by atoms with van der Waals surface area (Å²) in [4.78, 5) is 4.23. The highest BCUT2D eigenvalue weighted by Gasteiger charge is 2.26. The van der Waals surface area contributed by atoms with Crippen molar-refractivity contribution in [3.8, 4) is 23.0 Å². The van der Waals surface area contributed by atoms with Crippen LogP contribution in [0.15, 0.2) is 22.7 Å². The molecule has 1 aliphatic carbocycles. The van der Waals surface area contributed by atoms with E-state index in [-0.39, 0.29) is 23.0 Å². The van der Waals surface area contributed by atoms with Gasteiger partial charge in [-0.05, 0) is 25.0 Å². The Morgan fingerprint density at radius 2 is 1.88 bits per heavy atom. The SMILES string of the molecule is Oc1cccc(O)c1-c1nc(C2CCC2)no1. The van der Waals surface area contributed by atoms with E-state index in [4.69, 9.17) is 4.52 Å². The maximum absolute atomic E-state index is 9.68. The number of aromatic nitrogens is 2. The first kappa shape index (κ1) is 10.1. The van der Waals surface area contributed by atoms with Gasteiger partial charge in [0.05, 0.1) is 0 Å². The lowest BCUT2D eigenvalue weighted by Gasteiger charge is -2.20. The standard InChI is InChI=1S/C12H12N2O3/c15-8-5-2-6-9(16)10(8)12-13-11(14-17-12)7-3-1-4-7/h2,5-7,15-16H,1,3-4H2. The number of benzene rings is 1. The summed E-state index contributed by atoms with van der Waals surface area (Å²) in [5.41, 5.74) is 0.200. The Morgan fingerprint density at radius 3 is 2.47 bits per heavy atom. The largest absolute Gasteiger partial charge is 0.507 e. The second-order valence-corrected chi connectivity index (χ2v) is 4.26. The van der Waals surface area contributed by atoms with Crippen molar-refractivity contribution in [1.82, 2.24) is 10.1 Å². The summed E-state index contributed by atoms with van der Waals surface area (Å²) in [6.07, 6.45) is 3.34. The molecule has 3 rings (SSSR count). The van der Waals surface area contributed by atoms with Crippen LogP contribution >= 0.6 is 0 Å². The van der Waals surface area contributed by atoms with E-state index >= 15 is 0 Å². The van der Waals surface area contributed by atoms with Gasteiger partial charge in [-0.15, -0.1) is 0 Å². The first-order chi connectivity index (χ1) is 8.25. The summed E-state index contributed by atoms with van der Waals surface area (Å²) in [7, 11) is 0. The van der Waals surface area contributed by atoms with Gasteiger partial charge in [-0.25, -0.2) is 0 Å². The molecule has 0 bridgehead atoms. The van der Waals surface area contributed by atoms with Crippen molar-refractivity contribution in [3.63, 3.8) is 0 Å². The van der Waals surface area contributed by atoms with Crippen LogP contribution in [0.5, 0.6) is 11.5 Å². The Kier molecular flexibility index (Phi) is 2.24. The lowest BCUT2D eigenvalue weighted by molar-refractivity contribution is 0.364. The van der Waals surface area contributed by atoms with Gasteiger partial charge in [0.2, 0.25) is 0 Å². The molecule has 5 heteroatoms. The minimum absolute atomic E-state index is 0.0613. The first-order valence-corrected chi connectivity index (χ1v) is 5.60. The Balaban J connectivity index is 2.00. The van der Waals surface area contributed by atoms with Crippen molar-refractivity contribution in [2.45, 2.75) is 25.2 Å². The minimum Gasteiger partial charge on any atom is -0.507 e. The van der Waals surface area contributed by atoms with E-state index in [1.165, 1.54) is 18.6 Å². The van der Waals surface area contributed by atoms with Crippen LogP contribution in [-0.2, 0) is 0 Å². The maximum atomic E-state index is 9.68. The molecule has 0 unspecified atom stereocenters. The normalized spacial score (nSPS) is 15.8. The second kappa shape index (κ2) is 3.76. The van der Waals surface area contributed by atoms with E-state index in [1.807, 2.05) is 0 Å². The third-order valence-electron chi connectivity index (χ3n) is 3.15. The van der Waals surface area contributed by atoms with Gasteiger partial charge in [0.25, 0.3) is 5.89 Å². The van der Waals surface area contributed by atoms with Crippen LogP contribution < -0.4 is 0 Å². The van der Waals surface area contributed by atoms with E-state index in [9.17, 15) is 10.2 Å². The van der Waals surface area contributed by atoms with E-state index in [2.05, 4.69) is 10.1 Å². The Bertz CT molecular complexity index is 526. The Morgan fingerprint density at radius 1 is 1.18 bits per heavy atom. The Hall–Kier alpha value is -2.04. The van der Waals surface area contributed by atoms with Gasteiger partial charge in [-0.2, -0.15) is 4.98 Å². The molecule has 1 aromatic heterocycles. The lowest BCUT2D eigenvalue weighted by Crippen LogP contribution is -2.10. The fraction of sp³-hybridized carbons (Fsp3) is 0.333. The van der Waals surface area contributed by atoms with Gasteiger partial charge in [-0.1, -0.05) is 17.6 Å². The summed E-state index contributed by atoms with van der Waals surface area (Å²) in [6.45, 7) is 0. The molecule has 1 aliphatic rings. The highest BCUT2D eigenvalue weighted by Crippen LogP contribution is 2.39. The van der Waals surface area contributed by atoms with Gasteiger partial charge >= 0.3 is 0 Å². The molecular formula is C12H12N2O3. The first-order valence-electron chi connectivity index (χ1n) is 5.60. The van der Waals surface area contributed by atoms with Crippen LogP contribution in [0.3, 0.4) is 0 Å². The van der Waals surface area contributed by atoms with Crippen molar-refractivity contribution in [1.29, 1.82) is 0 Å². The lowest BCUT2D eigenvalue weighted by atomic mass is 9.85. The van der Waals surface area contributed by atoms with Crippen LogP contribution in [0.2, 0.25) is 0 Å². The monoisotopic (exact) mass is 232 g/mol. The van der Waals surface area contributed by atoms with Crippen LogP contribution in [0.25, 0.3) is 11.5 Å². The van der Waals surface area contributed by atoms with Crippen molar-refractivity contribution >= 4 is 0 Å². The third kappa shape index (κ3) is 1.63. The highest BCUT2D eigenvalue weighted by atomic mass is 16.5. The third-order valence-corrected chi connectivity index (χ3v) is 3.15. The van der Waals surface area contributed by atoms with Crippen molar-refractivity contribution in [3.05, 3.63) is 24.0 Å². The van der Waals surface area contributed by atoms with E-state index in [0.29, 0.717) is 11.7 Å². The molecular weight excluding hydrogens is 220 g/mol.